The molecule has 3 N–H and O–H groups in total. The van der Waals surface area contributed by atoms with Crippen LogP contribution >= 0.6 is 15.9 Å². The van der Waals surface area contributed by atoms with Gasteiger partial charge in [0.2, 0.25) is 5.91 Å². The third kappa shape index (κ3) is 2.27. The van der Waals surface area contributed by atoms with Gasteiger partial charge in [0.15, 0.2) is 6.10 Å². The van der Waals surface area contributed by atoms with Gasteiger partial charge in [-0.25, -0.2) is 0 Å². The molecule has 0 radical (unpaired) electrons. The van der Waals surface area contributed by atoms with E-state index in [2.05, 4.69) is 26.6 Å². The molecule has 2 heterocycles. The highest BCUT2D eigenvalue weighted by Gasteiger charge is 2.30. The average Bonchev–Trinajstić information content (AvgIpc) is 2.59. The molecule has 1 fully saturated rings. The van der Waals surface area contributed by atoms with Crippen LogP contribution in [0.1, 0.15) is 18.1 Å². The van der Waals surface area contributed by atoms with Crippen molar-refractivity contribution in [2.75, 3.05) is 29.9 Å². The number of aliphatic hydroxyl groups is 1. The second-order valence-electron chi connectivity index (χ2n) is 4.91. The van der Waals surface area contributed by atoms with Crippen molar-refractivity contribution in [1.29, 1.82) is 0 Å². The normalized spacial score (nSPS) is 22.1. The van der Waals surface area contributed by atoms with Gasteiger partial charge in [0.05, 0.1) is 12.2 Å². The smallest absolute Gasteiger partial charge is 0.257 e. The zero-order valence-corrected chi connectivity index (χ0v) is 12.2. The van der Waals surface area contributed by atoms with Crippen LogP contribution in [0.4, 0.5) is 11.4 Å². The summed E-state index contributed by atoms with van der Waals surface area (Å²) in [5.74, 6) is -0.434. The summed E-state index contributed by atoms with van der Waals surface area (Å²) in [6.45, 7) is 1.72. The second kappa shape index (κ2) is 5.06. The van der Waals surface area contributed by atoms with Crippen molar-refractivity contribution in [2.45, 2.75) is 12.5 Å². The number of hydrogen-bond donors (Lipinski definition) is 3. The molecule has 1 atom stereocenters. The molecule has 20 heavy (non-hydrogen) atoms. The molecule has 2 amide bonds. The molecule has 7 heteroatoms. The van der Waals surface area contributed by atoms with E-state index in [-0.39, 0.29) is 12.5 Å². The summed E-state index contributed by atoms with van der Waals surface area (Å²) in [5, 5.41) is 15.2. The number of nitrogens with zero attached hydrogens (tertiary/aromatic N) is 1. The van der Waals surface area contributed by atoms with E-state index >= 15 is 0 Å². The predicted molar refractivity (Wildman–Crippen MR) is 77.6 cm³/mol. The van der Waals surface area contributed by atoms with Crippen LogP contribution in [0.25, 0.3) is 0 Å². The van der Waals surface area contributed by atoms with Crippen LogP contribution in [0.5, 0.6) is 0 Å². The van der Waals surface area contributed by atoms with Crippen molar-refractivity contribution in [2.24, 2.45) is 0 Å². The number of rotatable bonds is 1. The second-order valence-corrected chi connectivity index (χ2v) is 5.76. The van der Waals surface area contributed by atoms with Crippen molar-refractivity contribution in [1.82, 2.24) is 5.32 Å². The Labute approximate surface area is 124 Å². The van der Waals surface area contributed by atoms with Crippen LogP contribution in [0.2, 0.25) is 0 Å². The van der Waals surface area contributed by atoms with E-state index in [4.69, 9.17) is 0 Å². The minimum atomic E-state index is -1.12. The van der Waals surface area contributed by atoms with Crippen LogP contribution in [0.3, 0.4) is 0 Å². The highest BCUT2D eigenvalue weighted by atomic mass is 79.9. The summed E-state index contributed by atoms with van der Waals surface area (Å²) in [7, 11) is 0. The Bertz CT molecular complexity index is 590. The number of nitrogens with one attached hydrogen (secondary N) is 2. The Kier molecular flexibility index (Phi) is 3.39. The number of halogens is 1. The van der Waals surface area contributed by atoms with E-state index in [0.717, 1.165) is 23.1 Å². The number of fused-ring (bicyclic) bond motifs is 1. The van der Waals surface area contributed by atoms with Gasteiger partial charge in [0, 0.05) is 28.8 Å². The first-order chi connectivity index (χ1) is 9.56. The fourth-order valence-electron chi connectivity index (χ4n) is 2.51. The maximum Gasteiger partial charge on any atom is 0.257 e. The van der Waals surface area contributed by atoms with Gasteiger partial charge in [-0.15, -0.1) is 0 Å². The lowest BCUT2D eigenvalue weighted by Gasteiger charge is -2.23. The zero-order chi connectivity index (χ0) is 14.3. The molecule has 2 aliphatic heterocycles. The Morgan fingerprint density at radius 3 is 2.95 bits per heavy atom. The first kappa shape index (κ1) is 13.4. The quantitative estimate of drug-likeness (QED) is 0.705. The Balaban J connectivity index is 1.97. The van der Waals surface area contributed by atoms with E-state index in [1.807, 2.05) is 4.90 Å². The molecule has 6 nitrogen and oxygen atoms in total. The van der Waals surface area contributed by atoms with Crippen LogP contribution in [0, 0.1) is 0 Å². The highest BCUT2D eigenvalue weighted by Crippen LogP contribution is 2.39. The van der Waals surface area contributed by atoms with Crippen molar-refractivity contribution in [3.05, 3.63) is 22.2 Å². The topological polar surface area (TPSA) is 81.7 Å². The van der Waals surface area contributed by atoms with Crippen molar-refractivity contribution < 1.29 is 14.7 Å². The summed E-state index contributed by atoms with van der Waals surface area (Å²) in [5.41, 5.74) is 2.01. The summed E-state index contributed by atoms with van der Waals surface area (Å²) in [6, 6.07) is 3.53. The number of anilines is 2. The molecular weight excluding hydrogens is 326 g/mol. The van der Waals surface area contributed by atoms with Crippen LogP contribution in [-0.2, 0) is 9.59 Å². The molecule has 0 aliphatic carbocycles. The van der Waals surface area contributed by atoms with E-state index in [1.165, 1.54) is 0 Å². The van der Waals surface area contributed by atoms with E-state index < -0.39 is 12.0 Å². The van der Waals surface area contributed by atoms with Gasteiger partial charge in [-0.1, -0.05) is 0 Å². The number of carbonyl (C=O) groups is 2. The lowest BCUT2D eigenvalue weighted by Crippen LogP contribution is -2.33. The third-order valence-corrected chi connectivity index (χ3v) is 4.16. The van der Waals surface area contributed by atoms with Crippen LogP contribution < -0.4 is 15.5 Å². The van der Waals surface area contributed by atoms with Gasteiger partial charge < -0.3 is 20.6 Å². The van der Waals surface area contributed by atoms with Gasteiger partial charge in [0.25, 0.3) is 5.91 Å². The predicted octanol–water partition coefficient (Wildman–Crippen LogP) is 0.761. The van der Waals surface area contributed by atoms with Crippen LogP contribution in [0.15, 0.2) is 16.6 Å². The molecule has 106 valence electrons. The molecule has 0 spiro atoms. The van der Waals surface area contributed by atoms with Crippen molar-refractivity contribution in [3.63, 3.8) is 0 Å². The molecule has 1 aromatic rings. The molecule has 0 saturated carbocycles. The maximum atomic E-state index is 11.6. The third-order valence-electron chi connectivity index (χ3n) is 3.52. The first-order valence-electron chi connectivity index (χ1n) is 6.40. The van der Waals surface area contributed by atoms with Gasteiger partial charge >= 0.3 is 0 Å². The first-order valence-corrected chi connectivity index (χ1v) is 7.19. The minimum absolute atomic E-state index is 0.0148. The molecule has 3 rings (SSSR count). The monoisotopic (exact) mass is 339 g/mol. The Hall–Kier alpha value is -1.60. The number of benzene rings is 1. The van der Waals surface area contributed by atoms with E-state index in [0.29, 0.717) is 17.8 Å². The lowest BCUT2D eigenvalue weighted by atomic mass is 10.1. The Morgan fingerprint density at radius 1 is 1.35 bits per heavy atom. The number of carbonyl (C=O) groups excluding carboxylic acids is 2. The molecule has 0 bridgehead atoms. The zero-order valence-electron chi connectivity index (χ0n) is 10.6. The maximum absolute atomic E-state index is 11.6. The molecule has 1 unspecified atom stereocenters. The van der Waals surface area contributed by atoms with E-state index in [9.17, 15) is 14.7 Å². The highest BCUT2D eigenvalue weighted by molar-refractivity contribution is 9.10. The number of amides is 2. The molecule has 1 aromatic carbocycles. The summed E-state index contributed by atoms with van der Waals surface area (Å²) in [6.07, 6.45) is -0.257. The largest absolute Gasteiger partial charge is 0.378 e. The van der Waals surface area contributed by atoms with Gasteiger partial charge in [-0.3, -0.25) is 9.59 Å². The standard InChI is InChI=1S/C13H14BrN3O3/c14-8-4-7-9(16-13(20)12(7)19)5-10(8)17-3-1-2-15-11(18)6-17/h4-5,12,19H,1-3,6H2,(H,15,18)(H,16,20). The summed E-state index contributed by atoms with van der Waals surface area (Å²) >= 11 is 3.45. The van der Waals surface area contributed by atoms with Gasteiger partial charge in [0.1, 0.15) is 0 Å². The van der Waals surface area contributed by atoms with Gasteiger partial charge in [-0.05, 0) is 34.5 Å². The fourth-order valence-corrected chi connectivity index (χ4v) is 3.12. The van der Waals surface area contributed by atoms with Crippen molar-refractivity contribution >= 4 is 39.1 Å². The fraction of sp³-hybridized carbons (Fsp3) is 0.385. The van der Waals surface area contributed by atoms with Crippen molar-refractivity contribution in [3.8, 4) is 0 Å². The average molecular weight is 340 g/mol. The minimum Gasteiger partial charge on any atom is -0.378 e. The summed E-state index contributed by atoms with van der Waals surface area (Å²) in [4.78, 5) is 25.1. The molecule has 0 aromatic heterocycles. The van der Waals surface area contributed by atoms with E-state index in [1.54, 1.807) is 12.1 Å². The molecule has 2 aliphatic rings. The molecule has 1 saturated heterocycles. The SMILES string of the molecule is O=C1CN(c2cc3c(cc2Br)C(O)C(=O)N3)CCCN1. The van der Waals surface area contributed by atoms with Crippen LogP contribution in [-0.4, -0.2) is 36.6 Å². The summed E-state index contributed by atoms with van der Waals surface area (Å²) < 4.78 is 0.765. The Morgan fingerprint density at radius 2 is 2.15 bits per heavy atom. The lowest BCUT2D eigenvalue weighted by molar-refractivity contribution is -0.123. The number of aliphatic hydroxyl groups excluding tert-OH is 1. The number of hydrogen-bond acceptors (Lipinski definition) is 4. The van der Waals surface area contributed by atoms with Gasteiger partial charge in [-0.2, -0.15) is 0 Å². The molecular formula is C13H14BrN3O3.